The van der Waals surface area contributed by atoms with E-state index in [2.05, 4.69) is 18.7 Å². The van der Waals surface area contributed by atoms with E-state index in [-0.39, 0.29) is 24.0 Å². The minimum Gasteiger partial charge on any atom is -0.466 e. The highest BCUT2D eigenvalue weighted by atomic mass is 16.5. The van der Waals surface area contributed by atoms with Gasteiger partial charge < -0.3 is 19.1 Å². The largest absolute Gasteiger partial charge is 0.466 e. The molecule has 0 aliphatic carbocycles. The Balaban J connectivity index is 2.61. The first-order chi connectivity index (χ1) is 26.3. The molecule has 2 unspecified atom stereocenters. The summed E-state index contributed by atoms with van der Waals surface area (Å²) < 4.78 is 17.4. The van der Waals surface area contributed by atoms with Crippen LogP contribution in [0.1, 0.15) is 232 Å². The molecule has 54 heavy (non-hydrogen) atoms. The molecule has 1 aliphatic rings. The van der Waals surface area contributed by atoms with Crippen molar-refractivity contribution in [2.24, 2.45) is 11.8 Å². The van der Waals surface area contributed by atoms with Gasteiger partial charge in [-0.3, -0.25) is 14.4 Å². The van der Waals surface area contributed by atoms with Crippen molar-refractivity contribution < 1.29 is 28.6 Å². The summed E-state index contributed by atoms with van der Waals surface area (Å²) in [5.41, 5.74) is 0. The molecule has 0 N–H and O–H groups in total. The van der Waals surface area contributed by atoms with Gasteiger partial charge in [0.1, 0.15) is 6.10 Å². The van der Waals surface area contributed by atoms with Crippen LogP contribution in [0.25, 0.3) is 0 Å². The molecule has 2 atom stereocenters. The molecule has 1 saturated heterocycles. The Bertz CT molecular complexity index is 822. The Morgan fingerprint density at radius 1 is 0.556 bits per heavy atom. The Morgan fingerprint density at radius 3 is 1.35 bits per heavy atom. The highest BCUT2D eigenvalue weighted by Crippen LogP contribution is 2.24. The fraction of sp³-hybridized carbons (Fsp3) is 0.936. The first-order valence-electron chi connectivity index (χ1n) is 23.5. The quantitative estimate of drug-likeness (QED) is 0.153. The van der Waals surface area contributed by atoms with Gasteiger partial charge in [-0.2, -0.15) is 0 Å². The van der Waals surface area contributed by atoms with E-state index in [0.29, 0.717) is 44.3 Å². The average Bonchev–Trinajstić information content (AvgIpc) is 3.14. The molecular weight excluding hydrogens is 675 g/mol. The van der Waals surface area contributed by atoms with E-state index in [1.54, 1.807) is 0 Å². The molecule has 0 bridgehead atoms. The molecule has 0 aromatic heterocycles. The Morgan fingerprint density at radius 2 is 0.944 bits per heavy atom. The molecular formula is C47H89NO6. The number of nitrogens with zero attached hydrogens (tertiary/aromatic N) is 1. The van der Waals surface area contributed by atoms with Crippen molar-refractivity contribution in [3.8, 4) is 0 Å². The smallest absolute Gasteiger partial charge is 0.306 e. The van der Waals surface area contributed by atoms with Crippen molar-refractivity contribution in [3.63, 3.8) is 0 Å². The summed E-state index contributed by atoms with van der Waals surface area (Å²) in [4.78, 5) is 39.6. The summed E-state index contributed by atoms with van der Waals surface area (Å²) in [6.45, 7) is 6.58. The number of ether oxygens (including phenoxy) is 3. The van der Waals surface area contributed by atoms with Crippen molar-refractivity contribution in [1.29, 1.82) is 0 Å². The van der Waals surface area contributed by atoms with E-state index < -0.39 is 0 Å². The van der Waals surface area contributed by atoms with Crippen molar-refractivity contribution >= 4 is 17.9 Å². The normalized spacial score (nSPS) is 23.7. The van der Waals surface area contributed by atoms with Gasteiger partial charge in [-0.05, 0) is 90.3 Å². The van der Waals surface area contributed by atoms with E-state index in [0.717, 1.165) is 77.2 Å². The third-order valence-corrected chi connectivity index (χ3v) is 11.6. The first-order valence-corrected chi connectivity index (χ1v) is 23.5. The van der Waals surface area contributed by atoms with E-state index in [1.807, 2.05) is 14.1 Å². The van der Waals surface area contributed by atoms with Crippen LogP contribution in [-0.4, -0.2) is 62.8 Å². The lowest BCUT2D eigenvalue weighted by Crippen LogP contribution is -2.20. The van der Waals surface area contributed by atoms with E-state index in [9.17, 15) is 14.4 Å². The Labute approximate surface area is 334 Å². The molecule has 1 heterocycles. The second-order valence-electron chi connectivity index (χ2n) is 17.1. The lowest BCUT2D eigenvalue weighted by atomic mass is 9.90. The monoisotopic (exact) mass is 764 g/mol. The van der Waals surface area contributed by atoms with Gasteiger partial charge in [-0.1, -0.05) is 155 Å². The van der Waals surface area contributed by atoms with Gasteiger partial charge in [0.2, 0.25) is 0 Å². The molecule has 0 amide bonds. The summed E-state index contributed by atoms with van der Waals surface area (Å²) >= 11 is 0. The molecule has 1 fully saturated rings. The molecule has 0 saturated carbocycles. The predicted octanol–water partition coefficient (Wildman–Crippen LogP) is 13.1. The second kappa shape index (κ2) is 37.0. The van der Waals surface area contributed by atoms with Crippen LogP contribution in [-0.2, 0) is 28.6 Å². The van der Waals surface area contributed by atoms with Gasteiger partial charge in [0.05, 0.1) is 13.2 Å². The maximum Gasteiger partial charge on any atom is 0.306 e. The van der Waals surface area contributed by atoms with Gasteiger partial charge in [0.25, 0.3) is 0 Å². The van der Waals surface area contributed by atoms with Gasteiger partial charge >= 0.3 is 17.9 Å². The zero-order valence-electron chi connectivity index (χ0n) is 36.3. The molecule has 1 aliphatic heterocycles. The topological polar surface area (TPSA) is 82.1 Å². The van der Waals surface area contributed by atoms with Crippen molar-refractivity contribution in [3.05, 3.63) is 0 Å². The van der Waals surface area contributed by atoms with Gasteiger partial charge in [0.15, 0.2) is 0 Å². The lowest BCUT2D eigenvalue weighted by molar-refractivity contribution is -0.150. The van der Waals surface area contributed by atoms with Gasteiger partial charge in [-0.25, -0.2) is 0 Å². The van der Waals surface area contributed by atoms with E-state index in [1.165, 1.54) is 128 Å². The van der Waals surface area contributed by atoms with Gasteiger partial charge in [0, 0.05) is 19.3 Å². The number of esters is 3. The number of rotatable bonds is 11. The highest BCUT2D eigenvalue weighted by Gasteiger charge is 2.16. The zero-order chi connectivity index (χ0) is 39.3. The lowest BCUT2D eigenvalue weighted by Gasteiger charge is -2.18. The second-order valence-corrected chi connectivity index (χ2v) is 17.1. The minimum absolute atomic E-state index is 0.0216. The van der Waals surface area contributed by atoms with E-state index in [4.69, 9.17) is 14.2 Å². The molecule has 1 rings (SSSR count). The number of hydrogen-bond acceptors (Lipinski definition) is 7. The third-order valence-electron chi connectivity index (χ3n) is 11.6. The van der Waals surface area contributed by atoms with Crippen molar-refractivity contribution in [2.75, 3.05) is 33.9 Å². The summed E-state index contributed by atoms with van der Waals surface area (Å²) in [6, 6.07) is 0. The van der Waals surface area contributed by atoms with Crippen LogP contribution in [0, 0.1) is 11.8 Å². The number of unbranched alkanes of at least 4 members (excludes halogenated alkanes) is 2. The molecule has 0 aromatic carbocycles. The SMILES string of the molecule is CCCCC1CCCCCCC(CCCC)CCOC(=O)CCCCCCCCCC(OC(=O)CCCN(C)C)CCCCCCCCCC(=O)OCC1. The maximum absolute atomic E-state index is 12.6. The Kier molecular flexibility index (Phi) is 34.5. The number of carbonyl (C=O) groups is 3. The number of carbonyl (C=O) groups excluding carboxylic acids is 3. The molecule has 0 spiro atoms. The van der Waals surface area contributed by atoms with Crippen molar-refractivity contribution in [1.82, 2.24) is 4.90 Å². The summed E-state index contributed by atoms with van der Waals surface area (Å²) in [6.07, 6.45) is 37.1. The van der Waals surface area contributed by atoms with Crippen LogP contribution in [0.2, 0.25) is 0 Å². The third kappa shape index (κ3) is 32.6. The number of hydrogen-bond donors (Lipinski definition) is 0. The minimum atomic E-state index is -0.0452. The van der Waals surface area contributed by atoms with Crippen LogP contribution >= 0.6 is 0 Å². The van der Waals surface area contributed by atoms with Gasteiger partial charge in [-0.15, -0.1) is 0 Å². The summed E-state index contributed by atoms with van der Waals surface area (Å²) in [5.74, 6) is 1.23. The molecule has 7 nitrogen and oxygen atoms in total. The van der Waals surface area contributed by atoms with Crippen LogP contribution in [0.4, 0.5) is 0 Å². The zero-order valence-corrected chi connectivity index (χ0v) is 36.3. The molecule has 318 valence electrons. The molecule has 7 heteroatoms. The average molecular weight is 764 g/mol. The van der Waals surface area contributed by atoms with Crippen LogP contribution in [0.15, 0.2) is 0 Å². The molecule has 0 aromatic rings. The van der Waals surface area contributed by atoms with E-state index >= 15 is 0 Å². The first kappa shape index (κ1) is 50.4. The maximum atomic E-state index is 12.6. The predicted molar refractivity (Wildman–Crippen MR) is 226 cm³/mol. The fourth-order valence-corrected chi connectivity index (χ4v) is 7.99. The fourth-order valence-electron chi connectivity index (χ4n) is 7.99. The summed E-state index contributed by atoms with van der Waals surface area (Å²) in [5, 5.41) is 0. The number of cyclic esters (lactones) is 2. The highest BCUT2D eigenvalue weighted by molar-refractivity contribution is 5.70. The summed E-state index contributed by atoms with van der Waals surface area (Å²) in [7, 11) is 4.08. The van der Waals surface area contributed by atoms with Crippen molar-refractivity contribution in [2.45, 2.75) is 238 Å². The standard InChI is InChI=1S/C47H89NO6/c1-5-7-28-42-30-21-19-20-22-31-43(29-8-6-2)38-41-53-46(50)35-26-18-14-10-12-16-24-33-44(54-47(51)36-27-39-48(3)4)32-23-15-11-9-13-17-25-34-45(49)52-40-37-42/h42-44H,5-41H2,1-4H3. The van der Waals surface area contributed by atoms with Crippen LogP contribution < -0.4 is 0 Å². The molecule has 0 radical (unpaired) electrons. The van der Waals surface area contributed by atoms with Crippen LogP contribution in [0.3, 0.4) is 0 Å². The Hall–Kier alpha value is -1.63. The van der Waals surface area contributed by atoms with Crippen LogP contribution in [0.5, 0.6) is 0 Å².